The number of hydrogen-bond acceptors (Lipinski definition) is 1. The molecule has 1 aliphatic rings. The van der Waals surface area contributed by atoms with Crippen LogP contribution in [0.3, 0.4) is 0 Å². The van der Waals surface area contributed by atoms with Crippen LogP contribution >= 0.6 is 0 Å². The number of halogens is 1. The Hall–Kier alpha value is -0.890. The summed E-state index contributed by atoms with van der Waals surface area (Å²) in [7, 11) is 0. The molecule has 19 heavy (non-hydrogen) atoms. The summed E-state index contributed by atoms with van der Waals surface area (Å²) in [5.41, 5.74) is 2.36. The molecule has 1 saturated carbocycles. The standard InChI is InChI=1S/C17H26FN/c1-4-19-17(15-6-5-12(2)9-15)11-14-7-8-16(18)10-13(14)3/h7-8,10,12,15,17,19H,4-6,9,11H2,1-3H3. The molecule has 1 aliphatic carbocycles. The first kappa shape index (κ1) is 14.5. The molecule has 1 nitrogen and oxygen atoms in total. The Morgan fingerprint density at radius 1 is 1.37 bits per heavy atom. The molecule has 0 saturated heterocycles. The topological polar surface area (TPSA) is 12.0 Å². The molecule has 0 aromatic heterocycles. The zero-order chi connectivity index (χ0) is 13.8. The first-order chi connectivity index (χ1) is 9.10. The fourth-order valence-electron chi connectivity index (χ4n) is 3.41. The fraction of sp³-hybridized carbons (Fsp3) is 0.647. The molecule has 0 spiro atoms. The lowest BCUT2D eigenvalue weighted by Gasteiger charge is -2.25. The van der Waals surface area contributed by atoms with Crippen molar-refractivity contribution in [1.82, 2.24) is 5.32 Å². The van der Waals surface area contributed by atoms with E-state index in [2.05, 4.69) is 19.2 Å². The molecule has 0 bridgehead atoms. The van der Waals surface area contributed by atoms with Gasteiger partial charge in [0.25, 0.3) is 0 Å². The van der Waals surface area contributed by atoms with Crippen molar-refractivity contribution in [2.75, 3.05) is 6.54 Å². The molecular weight excluding hydrogens is 237 g/mol. The van der Waals surface area contributed by atoms with E-state index in [0.29, 0.717) is 6.04 Å². The van der Waals surface area contributed by atoms with Crippen molar-refractivity contribution in [1.29, 1.82) is 0 Å². The average Bonchev–Trinajstić information content (AvgIpc) is 2.78. The Labute approximate surface area is 116 Å². The second kappa shape index (κ2) is 6.51. The SMILES string of the molecule is CCNC(Cc1ccc(F)cc1C)C1CCC(C)C1. The van der Waals surface area contributed by atoms with Gasteiger partial charge in [-0.25, -0.2) is 4.39 Å². The van der Waals surface area contributed by atoms with Crippen LogP contribution in [-0.4, -0.2) is 12.6 Å². The minimum Gasteiger partial charge on any atom is -0.314 e. The molecule has 3 unspecified atom stereocenters. The van der Waals surface area contributed by atoms with Gasteiger partial charge < -0.3 is 5.32 Å². The molecule has 2 rings (SSSR count). The maximum Gasteiger partial charge on any atom is 0.123 e. The van der Waals surface area contributed by atoms with Crippen LogP contribution in [0.2, 0.25) is 0 Å². The van der Waals surface area contributed by atoms with E-state index in [0.717, 1.165) is 30.4 Å². The van der Waals surface area contributed by atoms with E-state index < -0.39 is 0 Å². The van der Waals surface area contributed by atoms with Crippen molar-refractivity contribution in [2.24, 2.45) is 11.8 Å². The van der Waals surface area contributed by atoms with E-state index in [1.165, 1.54) is 24.8 Å². The molecule has 0 radical (unpaired) electrons. The summed E-state index contributed by atoms with van der Waals surface area (Å²) in [6, 6.07) is 5.73. The summed E-state index contributed by atoms with van der Waals surface area (Å²) in [6.45, 7) is 7.55. The lowest BCUT2D eigenvalue weighted by atomic mass is 9.90. The molecule has 1 aromatic rings. The monoisotopic (exact) mass is 263 g/mol. The minimum atomic E-state index is -0.129. The second-order valence-electron chi connectivity index (χ2n) is 6.12. The molecule has 0 heterocycles. The molecule has 2 heteroatoms. The Kier molecular flexibility index (Phi) is 4.98. The van der Waals surface area contributed by atoms with E-state index in [-0.39, 0.29) is 5.82 Å². The summed E-state index contributed by atoms with van der Waals surface area (Å²) in [4.78, 5) is 0. The maximum atomic E-state index is 13.2. The van der Waals surface area contributed by atoms with E-state index in [1.54, 1.807) is 12.1 Å². The van der Waals surface area contributed by atoms with E-state index in [9.17, 15) is 4.39 Å². The largest absolute Gasteiger partial charge is 0.314 e. The molecule has 3 atom stereocenters. The Morgan fingerprint density at radius 2 is 2.16 bits per heavy atom. The summed E-state index contributed by atoms with van der Waals surface area (Å²) in [5, 5.41) is 3.64. The second-order valence-corrected chi connectivity index (χ2v) is 6.12. The van der Waals surface area contributed by atoms with Gasteiger partial charge in [0.05, 0.1) is 0 Å². The first-order valence-corrected chi connectivity index (χ1v) is 7.58. The third-order valence-corrected chi connectivity index (χ3v) is 4.52. The van der Waals surface area contributed by atoms with Gasteiger partial charge in [-0.15, -0.1) is 0 Å². The third-order valence-electron chi connectivity index (χ3n) is 4.52. The number of nitrogens with one attached hydrogen (secondary N) is 1. The Bertz CT molecular complexity index is 416. The lowest BCUT2D eigenvalue weighted by Crippen LogP contribution is -2.37. The van der Waals surface area contributed by atoms with Crippen LogP contribution in [0.5, 0.6) is 0 Å². The van der Waals surface area contributed by atoms with Gasteiger partial charge in [0, 0.05) is 6.04 Å². The molecule has 0 amide bonds. The predicted molar refractivity (Wildman–Crippen MR) is 78.8 cm³/mol. The minimum absolute atomic E-state index is 0.129. The van der Waals surface area contributed by atoms with Crippen molar-refractivity contribution in [3.8, 4) is 0 Å². The number of hydrogen-bond donors (Lipinski definition) is 1. The predicted octanol–water partition coefficient (Wildman–Crippen LogP) is 4.09. The number of likely N-dealkylation sites (N-methyl/N-ethyl adjacent to an activating group) is 1. The van der Waals surface area contributed by atoms with Gasteiger partial charge in [0.1, 0.15) is 5.82 Å². The van der Waals surface area contributed by atoms with E-state index >= 15 is 0 Å². The van der Waals surface area contributed by atoms with E-state index in [1.807, 2.05) is 13.0 Å². The van der Waals surface area contributed by atoms with Crippen LogP contribution < -0.4 is 5.32 Å². The van der Waals surface area contributed by atoms with Crippen LogP contribution in [0.1, 0.15) is 44.2 Å². The summed E-state index contributed by atoms with van der Waals surface area (Å²) < 4.78 is 13.2. The van der Waals surface area contributed by atoms with Gasteiger partial charge >= 0.3 is 0 Å². The van der Waals surface area contributed by atoms with Crippen LogP contribution in [0.25, 0.3) is 0 Å². The molecule has 106 valence electrons. The van der Waals surface area contributed by atoms with Gasteiger partial charge in [-0.3, -0.25) is 0 Å². The van der Waals surface area contributed by atoms with Crippen molar-refractivity contribution in [3.63, 3.8) is 0 Å². The summed E-state index contributed by atoms with van der Waals surface area (Å²) >= 11 is 0. The lowest BCUT2D eigenvalue weighted by molar-refractivity contribution is 0.353. The molecule has 1 N–H and O–H groups in total. The normalized spacial score (nSPS) is 24.6. The zero-order valence-corrected chi connectivity index (χ0v) is 12.4. The van der Waals surface area contributed by atoms with Crippen molar-refractivity contribution >= 4 is 0 Å². The molecular formula is C17H26FN. The van der Waals surface area contributed by atoms with Gasteiger partial charge in [-0.2, -0.15) is 0 Å². The molecule has 1 fully saturated rings. The number of aryl methyl sites for hydroxylation is 1. The molecule has 0 aliphatic heterocycles. The highest BCUT2D eigenvalue weighted by Crippen LogP contribution is 2.34. The fourth-order valence-corrected chi connectivity index (χ4v) is 3.41. The van der Waals surface area contributed by atoms with Gasteiger partial charge in [0.2, 0.25) is 0 Å². The third kappa shape index (κ3) is 3.79. The average molecular weight is 263 g/mol. The highest BCUT2D eigenvalue weighted by Gasteiger charge is 2.28. The Morgan fingerprint density at radius 3 is 2.74 bits per heavy atom. The number of benzene rings is 1. The quantitative estimate of drug-likeness (QED) is 0.843. The first-order valence-electron chi connectivity index (χ1n) is 7.58. The highest BCUT2D eigenvalue weighted by atomic mass is 19.1. The highest BCUT2D eigenvalue weighted by molar-refractivity contribution is 5.27. The van der Waals surface area contributed by atoms with Crippen LogP contribution in [0.4, 0.5) is 4.39 Å². The van der Waals surface area contributed by atoms with Gasteiger partial charge in [-0.1, -0.05) is 26.3 Å². The van der Waals surface area contributed by atoms with Gasteiger partial charge in [0.15, 0.2) is 0 Å². The van der Waals surface area contributed by atoms with Crippen molar-refractivity contribution in [3.05, 3.63) is 35.1 Å². The smallest absolute Gasteiger partial charge is 0.123 e. The summed E-state index contributed by atoms with van der Waals surface area (Å²) in [5.74, 6) is 1.51. The Balaban J connectivity index is 2.07. The zero-order valence-electron chi connectivity index (χ0n) is 12.4. The maximum absolute atomic E-state index is 13.2. The summed E-state index contributed by atoms with van der Waals surface area (Å²) in [6.07, 6.45) is 5.04. The number of rotatable bonds is 5. The molecule has 1 aromatic carbocycles. The van der Waals surface area contributed by atoms with E-state index in [4.69, 9.17) is 0 Å². The van der Waals surface area contributed by atoms with Crippen molar-refractivity contribution < 1.29 is 4.39 Å². The van der Waals surface area contributed by atoms with Gasteiger partial charge in [-0.05, 0) is 67.8 Å². The van der Waals surface area contributed by atoms with Crippen LogP contribution in [0, 0.1) is 24.6 Å². The van der Waals surface area contributed by atoms with Crippen LogP contribution in [-0.2, 0) is 6.42 Å². The van der Waals surface area contributed by atoms with Crippen molar-refractivity contribution in [2.45, 2.75) is 52.5 Å². The van der Waals surface area contributed by atoms with Crippen LogP contribution in [0.15, 0.2) is 18.2 Å².